The predicted molar refractivity (Wildman–Crippen MR) is 235 cm³/mol. The maximum absolute atomic E-state index is 6.78. The average Bonchev–Trinajstić information content (AvgIpc) is 3.84. The van der Waals surface area contributed by atoms with Crippen LogP contribution in [0.1, 0.15) is 25.0 Å². The summed E-state index contributed by atoms with van der Waals surface area (Å²) < 4.78 is 6.78. The molecule has 58 heavy (non-hydrogen) atoms. The minimum Gasteiger partial charge on any atom is -0.435 e. The molecule has 0 aliphatic heterocycles. The van der Waals surface area contributed by atoms with Crippen molar-refractivity contribution in [2.24, 2.45) is 0 Å². The molecule has 0 saturated heterocycles. The summed E-state index contributed by atoms with van der Waals surface area (Å²) in [5.74, 6) is 2.32. The smallest absolute Gasteiger partial charge is 0.227 e. The maximum Gasteiger partial charge on any atom is 0.227 e. The highest BCUT2D eigenvalue weighted by Crippen LogP contribution is 2.52. The lowest BCUT2D eigenvalue weighted by molar-refractivity contribution is 0.623. The minimum atomic E-state index is -0.115. The summed E-state index contributed by atoms with van der Waals surface area (Å²) in [6.45, 7) is 4.61. The normalized spacial score (nSPS) is 12.8. The summed E-state index contributed by atoms with van der Waals surface area (Å²) in [6.07, 6.45) is 0. The number of oxazole rings is 1. The molecule has 0 fully saturated rings. The fourth-order valence-corrected chi connectivity index (χ4v) is 8.55. The van der Waals surface area contributed by atoms with Gasteiger partial charge in [-0.15, -0.1) is 0 Å². The third-order valence-electron chi connectivity index (χ3n) is 11.6. The van der Waals surface area contributed by atoms with Crippen molar-refractivity contribution in [1.29, 1.82) is 0 Å². The van der Waals surface area contributed by atoms with Gasteiger partial charge < -0.3 is 4.42 Å². The third kappa shape index (κ3) is 5.62. The van der Waals surface area contributed by atoms with Crippen molar-refractivity contribution in [3.05, 3.63) is 193 Å². The van der Waals surface area contributed by atoms with E-state index < -0.39 is 0 Å². The van der Waals surface area contributed by atoms with E-state index in [1.54, 1.807) is 0 Å². The van der Waals surface area contributed by atoms with Gasteiger partial charge in [-0.1, -0.05) is 178 Å². The largest absolute Gasteiger partial charge is 0.435 e. The van der Waals surface area contributed by atoms with Crippen LogP contribution in [0.4, 0.5) is 0 Å². The van der Waals surface area contributed by atoms with Gasteiger partial charge in [-0.05, 0) is 68.1 Å². The topological polar surface area (TPSA) is 64.7 Å². The van der Waals surface area contributed by atoms with Crippen LogP contribution >= 0.6 is 0 Å². The van der Waals surface area contributed by atoms with Gasteiger partial charge in [0, 0.05) is 33.1 Å². The molecule has 2 aromatic heterocycles. The van der Waals surface area contributed by atoms with Gasteiger partial charge in [0.2, 0.25) is 5.89 Å². The van der Waals surface area contributed by atoms with Crippen LogP contribution in [0.3, 0.4) is 0 Å². The van der Waals surface area contributed by atoms with Crippen molar-refractivity contribution in [2.45, 2.75) is 19.3 Å². The number of hydrogen-bond acceptors (Lipinski definition) is 5. The number of benzene rings is 8. The molecule has 2 heterocycles. The fourth-order valence-electron chi connectivity index (χ4n) is 8.55. The van der Waals surface area contributed by atoms with Crippen molar-refractivity contribution in [2.75, 3.05) is 0 Å². The summed E-state index contributed by atoms with van der Waals surface area (Å²) in [7, 11) is 0. The van der Waals surface area contributed by atoms with E-state index in [1.807, 2.05) is 30.3 Å². The van der Waals surface area contributed by atoms with Crippen LogP contribution in [0.5, 0.6) is 0 Å². The van der Waals surface area contributed by atoms with Crippen molar-refractivity contribution in [3.8, 4) is 79.0 Å². The summed E-state index contributed by atoms with van der Waals surface area (Å²) in [6, 6.07) is 63.1. The van der Waals surface area contributed by atoms with E-state index in [0.29, 0.717) is 23.4 Å². The molecule has 0 atom stereocenters. The number of rotatable bonds is 6. The van der Waals surface area contributed by atoms with Crippen molar-refractivity contribution in [3.63, 3.8) is 0 Å². The van der Waals surface area contributed by atoms with Gasteiger partial charge in [-0.3, -0.25) is 0 Å². The van der Waals surface area contributed by atoms with Gasteiger partial charge in [0.15, 0.2) is 23.1 Å². The van der Waals surface area contributed by atoms with Gasteiger partial charge >= 0.3 is 0 Å². The molecule has 0 bridgehead atoms. The number of aromatic nitrogens is 4. The van der Waals surface area contributed by atoms with Gasteiger partial charge in [0.25, 0.3) is 0 Å². The highest BCUT2D eigenvalue weighted by Gasteiger charge is 2.37. The van der Waals surface area contributed by atoms with E-state index in [2.05, 4.69) is 166 Å². The molecule has 0 unspecified atom stereocenters. The molecular formula is C53H36N4O. The lowest BCUT2D eigenvalue weighted by Crippen LogP contribution is -2.14. The van der Waals surface area contributed by atoms with Gasteiger partial charge in [-0.2, -0.15) is 0 Å². The van der Waals surface area contributed by atoms with Crippen LogP contribution < -0.4 is 0 Å². The second kappa shape index (κ2) is 13.3. The van der Waals surface area contributed by atoms with E-state index in [9.17, 15) is 0 Å². The molecule has 1 aliphatic carbocycles. The Hall–Kier alpha value is -7.50. The zero-order chi connectivity index (χ0) is 38.8. The molecule has 11 rings (SSSR count). The molecule has 0 radical (unpaired) electrons. The second-order valence-electron chi connectivity index (χ2n) is 15.5. The van der Waals surface area contributed by atoms with Crippen LogP contribution in [-0.2, 0) is 5.41 Å². The lowest BCUT2D eigenvalue weighted by atomic mass is 9.82. The van der Waals surface area contributed by atoms with E-state index >= 15 is 0 Å². The Labute approximate surface area is 336 Å². The molecule has 8 aromatic carbocycles. The monoisotopic (exact) mass is 744 g/mol. The quantitative estimate of drug-likeness (QED) is 0.170. The van der Waals surface area contributed by atoms with Gasteiger partial charge in [-0.25, -0.2) is 19.9 Å². The molecule has 0 N–H and O–H groups in total. The number of fused-ring (bicyclic) bond motifs is 7. The predicted octanol–water partition coefficient (Wildman–Crippen LogP) is 13.5. The molecule has 5 heteroatoms. The summed E-state index contributed by atoms with van der Waals surface area (Å²) in [4.78, 5) is 20.3. The first-order chi connectivity index (χ1) is 28.5. The molecule has 10 aromatic rings. The minimum absolute atomic E-state index is 0.115. The van der Waals surface area contributed by atoms with E-state index in [4.69, 9.17) is 24.4 Å². The first-order valence-corrected chi connectivity index (χ1v) is 19.6. The van der Waals surface area contributed by atoms with Gasteiger partial charge in [0.05, 0.1) is 0 Å². The second-order valence-corrected chi connectivity index (χ2v) is 15.5. The van der Waals surface area contributed by atoms with Gasteiger partial charge in [0.1, 0.15) is 5.52 Å². The number of hydrogen-bond donors (Lipinski definition) is 0. The Morgan fingerprint density at radius 2 is 0.897 bits per heavy atom. The third-order valence-corrected chi connectivity index (χ3v) is 11.6. The average molecular weight is 745 g/mol. The van der Waals surface area contributed by atoms with Crippen molar-refractivity contribution < 1.29 is 4.42 Å². The van der Waals surface area contributed by atoms with E-state index in [-0.39, 0.29) is 5.41 Å². The maximum atomic E-state index is 6.78. The zero-order valence-corrected chi connectivity index (χ0v) is 32.0. The Kier molecular flexibility index (Phi) is 7.76. The highest BCUT2D eigenvalue weighted by molar-refractivity contribution is 6.14. The first kappa shape index (κ1) is 33.8. The Morgan fingerprint density at radius 1 is 0.397 bits per heavy atom. The molecule has 0 saturated carbocycles. The highest BCUT2D eigenvalue weighted by atomic mass is 16.3. The van der Waals surface area contributed by atoms with E-state index in [1.165, 1.54) is 22.3 Å². The Balaban J connectivity index is 1.02. The van der Waals surface area contributed by atoms with Crippen molar-refractivity contribution >= 4 is 21.9 Å². The van der Waals surface area contributed by atoms with Crippen LogP contribution in [-0.4, -0.2) is 19.9 Å². The summed E-state index contributed by atoms with van der Waals surface area (Å²) >= 11 is 0. The Morgan fingerprint density at radius 3 is 1.53 bits per heavy atom. The lowest BCUT2D eigenvalue weighted by Gasteiger charge is -2.21. The SMILES string of the molecule is CC1(C)c2ccccc2-c2c1ccc1ccc3nc(-c4cccc(-c5nc(-c6ccc(-c7ccccc7)cc6)nc(-c6ccc(-c7ccccc7)cc6)n5)c4)oc3c21. The first-order valence-electron chi connectivity index (χ1n) is 19.6. The molecule has 1 aliphatic rings. The van der Waals surface area contributed by atoms with Crippen LogP contribution in [0.25, 0.3) is 101 Å². The molecule has 5 nitrogen and oxygen atoms in total. The fraction of sp³-hybridized carbons (Fsp3) is 0.0566. The van der Waals surface area contributed by atoms with E-state index in [0.717, 1.165) is 66.4 Å². The summed E-state index contributed by atoms with van der Waals surface area (Å²) in [5, 5.41) is 2.24. The number of nitrogens with zero attached hydrogens (tertiary/aromatic N) is 4. The van der Waals surface area contributed by atoms with Crippen LogP contribution in [0.2, 0.25) is 0 Å². The zero-order valence-electron chi connectivity index (χ0n) is 32.0. The van der Waals surface area contributed by atoms with Crippen molar-refractivity contribution in [1.82, 2.24) is 19.9 Å². The standard InChI is InChI=1S/C53H36N4O/c1-53(2)43-19-10-9-18-42(43)47-44(53)30-28-37-29-31-45-48(46(37)47)58-52(54-45)41-17-11-16-40(32-41)51-56-49(38-24-20-35(21-25-38)33-12-5-3-6-13-33)55-50(57-51)39-26-22-36(23-27-39)34-14-7-4-8-15-34/h3-32H,1-2H3. The van der Waals surface area contributed by atoms with Crippen LogP contribution in [0, 0.1) is 0 Å². The molecule has 274 valence electrons. The molecular weight excluding hydrogens is 709 g/mol. The molecule has 0 spiro atoms. The molecule has 0 amide bonds. The Bertz CT molecular complexity index is 3070. The van der Waals surface area contributed by atoms with Crippen LogP contribution in [0.15, 0.2) is 186 Å². The summed E-state index contributed by atoms with van der Waals surface area (Å²) in [5.41, 5.74) is 14.7.